The van der Waals surface area contributed by atoms with Crippen molar-refractivity contribution in [2.75, 3.05) is 5.32 Å². The van der Waals surface area contributed by atoms with Crippen LogP contribution in [0.4, 0.5) is 18.9 Å². The predicted octanol–water partition coefficient (Wildman–Crippen LogP) is 3.26. The third-order valence-corrected chi connectivity index (χ3v) is 2.99. The molecule has 1 aromatic rings. The van der Waals surface area contributed by atoms with Crippen LogP contribution in [0.2, 0.25) is 5.02 Å². The summed E-state index contributed by atoms with van der Waals surface area (Å²) in [4.78, 5) is 0. The van der Waals surface area contributed by atoms with Crippen molar-refractivity contribution in [1.29, 1.82) is 0 Å². The molecule has 0 unspecified atom stereocenters. The van der Waals surface area contributed by atoms with Gasteiger partial charge in [-0.25, -0.2) is 0 Å². The fourth-order valence-electron chi connectivity index (χ4n) is 1.85. The summed E-state index contributed by atoms with van der Waals surface area (Å²) in [6.45, 7) is 0. The van der Waals surface area contributed by atoms with Gasteiger partial charge in [0.15, 0.2) is 0 Å². The van der Waals surface area contributed by atoms with Crippen LogP contribution in [0.25, 0.3) is 0 Å². The number of hydrogen-bond acceptors (Lipinski definition) is 2. The Hall–Kier alpha value is -0.940. The minimum absolute atomic E-state index is 0.0750. The van der Waals surface area contributed by atoms with E-state index in [0.29, 0.717) is 5.69 Å². The molecule has 0 radical (unpaired) electrons. The van der Waals surface area contributed by atoms with Gasteiger partial charge in [0.1, 0.15) is 0 Å². The fraction of sp³-hybridized carbons (Fsp3) is 0.455. The maximum Gasteiger partial charge on any atom is 0.416 e. The highest BCUT2D eigenvalue weighted by Gasteiger charge is 2.32. The van der Waals surface area contributed by atoms with Crippen molar-refractivity contribution in [2.24, 2.45) is 5.73 Å². The van der Waals surface area contributed by atoms with E-state index >= 15 is 0 Å². The van der Waals surface area contributed by atoms with Crippen molar-refractivity contribution < 1.29 is 13.2 Å². The lowest BCUT2D eigenvalue weighted by atomic mass is 9.87. The minimum Gasteiger partial charge on any atom is -0.382 e. The lowest BCUT2D eigenvalue weighted by Gasteiger charge is -2.34. The third kappa shape index (κ3) is 3.04. The molecule has 94 valence electrons. The van der Waals surface area contributed by atoms with Gasteiger partial charge < -0.3 is 11.1 Å². The Bertz CT molecular complexity index is 414. The first-order valence-corrected chi connectivity index (χ1v) is 5.62. The van der Waals surface area contributed by atoms with E-state index in [4.69, 9.17) is 17.3 Å². The van der Waals surface area contributed by atoms with Crippen LogP contribution in [0, 0.1) is 0 Å². The Morgan fingerprint density at radius 1 is 1.24 bits per heavy atom. The van der Waals surface area contributed by atoms with E-state index in [-0.39, 0.29) is 17.1 Å². The molecule has 1 aliphatic carbocycles. The molecule has 0 atom stereocenters. The Morgan fingerprint density at radius 3 is 2.41 bits per heavy atom. The molecule has 3 N–H and O–H groups in total. The van der Waals surface area contributed by atoms with E-state index in [0.717, 1.165) is 25.0 Å². The number of halogens is 4. The number of anilines is 1. The Balaban J connectivity index is 2.14. The van der Waals surface area contributed by atoms with Gasteiger partial charge in [-0.3, -0.25) is 0 Å². The number of alkyl halides is 3. The summed E-state index contributed by atoms with van der Waals surface area (Å²) >= 11 is 5.66. The number of hydrogen-bond donors (Lipinski definition) is 2. The first-order chi connectivity index (χ1) is 7.84. The number of nitrogens with two attached hydrogens (primary N) is 1. The standard InChI is InChI=1S/C11H12ClF3N2/c12-7-1-6(11(13,14)15)2-9(3-7)17-10-4-8(16)5-10/h1-3,8,10,17H,4-5,16H2. The number of rotatable bonds is 2. The molecule has 0 spiro atoms. The van der Waals surface area contributed by atoms with E-state index in [9.17, 15) is 13.2 Å². The smallest absolute Gasteiger partial charge is 0.382 e. The molecule has 1 saturated carbocycles. The van der Waals surface area contributed by atoms with E-state index in [1.54, 1.807) is 0 Å². The maximum atomic E-state index is 12.5. The van der Waals surface area contributed by atoms with Crippen LogP contribution in [-0.4, -0.2) is 12.1 Å². The normalized spacial score (nSPS) is 24.3. The van der Waals surface area contributed by atoms with E-state index in [1.165, 1.54) is 6.07 Å². The Kier molecular flexibility index (Phi) is 3.23. The summed E-state index contributed by atoms with van der Waals surface area (Å²) in [5.74, 6) is 0. The molecule has 17 heavy (non-hydrogen) atoms. The Morgan fingerprint density at radius 2 is 1.88 bits per heavy atom. The molecular weight excluding hydrogens is 253 g/mol. The van der Waals surface area contributed by atoms with Gasteiger partial charge >= 0.3 is 6.18 Å². The largest absolute Gasteiger partial charge is 0.416 e. The van der Waals surface area contributed by atoms with Crippen molar-refractivity contribution in [3.05, 3.63) is 28.8 Å². The van der Waals surface area contributed by atoms with Crippen molar-refractivity contribution in [1.82, 2.24) is 0 Å². The Labute approximate surface area is 102 Å². The van der Waals surface area contributed by atoms with Gasteiger partial charge in [0, 0.05) is 22.8 Å². The summed E-state index contributed by atoms with van der Waals surface area (Å²) in [6, 6.07) is 3.76. The topological polar surface area (TPSA) is 38.0 Å². The van der Waals surface area contributed by atoms with Crippen LogP contribution in [-0.2, 0) is 6.18 Å². The molecule has 0 heterocycles. The van der Waals surface area contributed by atoms with Crippen LogP contribution < -0.4 is 11.1 Å². The van der Waals surface area contributed by atoms with Gasteiger partial charge in [-0.2, -0.15) is 13.2 Å². The molecule has 1 fully saturated rings. The molecule has 1 aromatic carbocycles. The third-order valence-electron chi connectivity index (χ3n) is 2.77. The highest BCUT2D eigenvalue weighted by Crippen LogP contribution is 2.34. The second kappa shape index (κ2) is 4.38. The maximum absolute atomic E-state index is 12.5. The molecule has 0 bridgehead atoms. The molecule has 0 amide bonds. The molecular formula is C11H12ClF3N2. The van der Waals surface area contributed by atoms with Crippen LogP contribution >= 0.6 is 11.6 Å². The SMILES string of the molecule is NC1CC(Nc2cc(Cl)cc(C(F)(F)F)c2)C1. The van der Waals surface area contributed by atoms with Gasteiger partial charge in [-0.1, -0.05) is 11.6 Å². The van der Waals surface area contributed by atoms with E-state index in [1.807, 2.05) is 0 Å². The average molecular weight is 265 g/mol. The fourth-order valence-corrected chi connectivity index (χ4v) is 2.09. The van der Waals surface area contributed by atoms with Crippen LogP contribution in [0.15, 0.2) is 18.2 Å². The van der Waals surface area contributed by atoms with Crippen LogP contribution in [0.5, 0.6) is 0 Å². The highest BCUT2D eigenvalue weighted by molar-refractivity contribution is 6.30. The predicted molar refractivity (Wildman–Crippen MR) is 61.1 cm³/mol. The number of nitrogens with one attached hydrogen (secondary N) is 1. The summed E-state index contributed by atoms with van der Waals surface area (Å²) < 4.78 is 37.6. The second-order valence-electron chi connectivity index (χ2n) is 4.30. The monoisotopic (exact) mass is 264 g/mol. The summed E-state index contributed by atoms with van der Waals surface area (Å²) in [7, 11) is 0. The average Bonchev–Trinajstić information content (AvgIpc) is 2.13. The van der Waals surface area contributed by atoms with Gasteiger partial charge in [0.25, 0.3) is 0 Å². The van der Waals surface area contributed by atoms with Gasteiger partial charge in [0.2, 0.25) is 0 Å². The van der Waals surface area contributed by atoms with Crippen molar-refractivity contribution >= 4 is 17.3 Å². The molecule has 2 rings (SSSR count). The zero-order valence-electron chi connectivity index (χ0n) is 8.89. The molecule has 0 aromatic heterocycles. The lowest BCUT2D eigenvalue weighted by molar-refractivity contribution is -0.137. The van der Waals surface area contributed by atoms with E-state index < -0.39 is 11.7 Å². The highest BCUT2D eigenvalue weighted by atomic mass is 35.5. The molecule has 1 aliphatic rings. The molecule has 0 aliphatic heterocycles. The van der Waals surface area contributed by atoms with Crippen LogP contribution in [0.3, 0.4) is 0 Å². The van der Waals surface area contributed by atoms with Gasteiger partial charge in [-0.05, 0) is 31.0 Å². The van der Waals surface area contributed by atoms with Crippen LogP contribution in [0.1, 0.15) is 18.4 Å². The van der Waals surface area contributed by atoms with Crippen molar-refractivity contribution in [3.8, 4) is 0 Å². The number of benzene rings is 1. The molecule has 0 saturated heterocycles. The zero-order chi connectivity index (χ0) is 12.6. The van der Waals surface area contributed by atoms with E-state index in [2.05, 4.69) is 5.32 Å². The second-order valence-corrected chi connectivity index (χ2v) is 4.74. The first-order valence-electron chi connectivity index (χ1n) is 5.24. The van der Waals surface area contributed by atoms with Crippen molar-refractivity contribution in [2.45, 2.75) is 31.1 Å². The molecule has 2 nitrogen and oxygen atoms in total. The lowest BCUT2D eigenvalue weighted by Crippen LogP contribution is -2.44. The summed E-state index contributed by atoms with van der Waals surface area (Å²) in [5.41, 5.74) is 5.26. The first kappa shape index (κ1) is 12.5. The minimum atomic E-state index is -4.38. The van der Waals surface area contributed by atoms with Gasteiger partial charge in [-0.15, -0.1) is 0 Å². The summed E-state index contributed by atoms with van der Waals surface area (Å²) in [5, 5.41) is 3.07. The molecule has 6 heteroatoms. The quantitative estimate of drug-likeness (QED) is 0.860. The van der Waals surface area contributed by atoms with Gasteiger partial charge in [0.05, 0.1) is 5.56 Å². The van der Waals surface area contributed by atoms with Crippen molar-refractivity contribution in [3.63, 3.8) is 0 Å². The zero-order valence-corrected chi connectivity index (χ0v) is 9.65. The summed E-state index contributed by atoms with van der Waals surface area (Å²) in [6.07, 6.45) is -2.83.